The van der Waals surface area contributed by atoms with E-state index in [0.717, 1.165) is 0 Å². The van der Waals surface area contributed by atoms with Gasteiger partial charge in [-0.3, -0.25) is 0 Å². The summed E-state index contributed by atoms with van der Waals surface area (Å²) in [5.41, 5.74) is 0.503. The molecule has 0 spiro atoms. The van der Waals surface area contributed by atoms with Crippen LogP contribution in [0.25, 0.3) is 6.08 Å². The molecular weight excluding hydrogens is 235 g/mol. The van der Waals surface area contributed by atoms with E-state index in [2.05, 4.69) is 0 Å². The molecule has 1 rings (SSSR count). The van der Waals surface area contributed by atoms with Gasteiger partial charge in [-0.15, -0.1) is 0 Å². The van der Waals surface area contributed by atoms with Crippen molar-refractivity contribution in [3.05, 3.63) is 40.3 Å². The van der Waals surface area contributed by atoms with Crippen molar-refractivity contribution in [2.45, 2.75) is 0 Å². The molecule has 0 saturated carbocycles. The minimum atomic E-state index is -4.33. The first kappa shape index (κ1) is 14.2. The van der Waals surface area contributed by atoms with Crippen LogP contribution in [0.5, 0.6) is 0 Å². The minimum absolute atomic E-state index is 0. The van der Waals surface area contributed by atoms with Gasteiger partial charge < -0.3 is 4.55 Å². The normalized spacial score (nSPS) is 11.3. The average Bonchev–Trinajstić information content (AvgIpc) is 2.01. The fourth-order valence-corrected chi connectivity index (χ4v) is 1.28. The van der Waals surface area contributed by atoms with Gasteiger partial charge in [0.1, 0.15) is 10.1 Å². The second kappa shape index (κ2) is 5.90. The van der Waals surface area contributed by atoms with Gasteiger partial charge >= 0.3 is 29.6 Å². The molecule has 0 saturated heterocycles. The predicted molar refractivity (Wildman–Crippen MR) is 50.2 cm³/mol. The maximum absolute atomic E-state index is 10.2. The van der Waals surface area contributed by atoms with Gasteiger partial charge in [0, 0.05) is 10.4 Å². The summed E-state index contributed by atoms with van der Waals surface area (Å²) in [5.74, 6) is 0. The molecular formula is C8H6ClNaO3S. The average molecular weight is 241 g/mol. The molecule has 0 N–H and O–H groups in total. The van der Waals surface area contributed by atoms with Gasteiger partial charge in [-0.25, -0.2) is 8.42 Å². The van der Waals surface area contributed by atoms with Crippen molar-refractivity contribution in [1.29, 1.82) is 0 Å². The van der Waals surface area contributed by atoms with Gasteiger partial charge in [0.25, 0.3) is 0 Å². The van der Waals surface area contributed by atoms with Crippen LogP contribution in [0.2, 0.25) is 5.02 Å². The summed E-state index contributed by atoms with van der Waals surface area (Å²) in [6, 6.07) is 6.64. The summed E-state index contributed by atoms with van der Waals surface area (Å²) in [7, 11) is -4.33. The number of hydrogen-bond acceptors (Lipinski definition) is 3. The van der Waals surface area contributed by atoms with Gasteiger partial charge in [-0.05, 0) is 17.7 Å². The monoisotopic (exact) mass is 240 g/mol. The van der Waals surface area contributed by atoms with Gasteiger partial charge in [0.05, 0.1) is 0 Å². The smallest absolute Gasteiger partial charge is 0.744 e. The molecule has 0 fully saturated rings. The molecule has 0 aliphatic rings. The topological polar surface area (TPSA) is 57.2 Å². The molecule has 0 unspecified atom stereocenters. The number of benzene rings is 1. The van der Waals surface area contributed by atoms with E-state index in [4.69, 9.17) is 11.6 Å². The molecule has 6 heteroatoms. The third-order valence-corrected chi connectivity index (χ3v) is 2.13. The van der Waals surface area contributed by atoms with Crippen molar-refractivity contribution in [3.8, 4) is 0 Å². The summed E-state index contributed by atoms with van der Waals surface area (Å²) < 4.78 is 30.7. The first-order valence-corrected chi connectivity index (χ1v) is 5.22. The molecule has 3 nitrogen and oxygen atoms in total. The largest absolute Gasteiger partial charge is 1.00 e. The number of halogens is 1. The molecule has 0 heterocycles. The molecule has 1 aromatic carbocycles. The van der Waals surface area contributed by atoms with E-state index in [1.54, 1.807) is 24.3 Å². The maximum atomic E-state index is 10.2. The maximum Gasteiger partial charge on any atom is 1.00 e. The Labute approximate surface area is 110 Å². The van der Waals surface area contributed by atoms with E-state index >= 15 is 0 Å². The molecule has 0 radical (unpaired) electrons. The van der Waals surface area contributed by atoms with Crippen LogP contribution in [-0.4, -0.2) is 13.0 Å². The Hall–Kier alpha value is 0.160. The Morgan fingerprint density at radius 2 is 1.86 bits per heavy atom. The van der Waals surface area contributed by atoms with Crippen molar-refractivity contribution in [1.82, 2.24) is 0 Å². The van der Waals surface area contributed by atoms with E-state index in [9.17, 15) is 13.0 Å². The molecule has 1 aromatic rings. The standard InChI is InChI=1S/C8H7ClO3S.Na/c9-8-4-2-1-3-7(8)5-6-13(10,11)12;/h1-6H,(H,10,11,12);/q;+1/p-1. The van der Waals surface area contributed by atoms with Crippen LogP contribution in [-0.2, 0) is 10.1 Å². The minimum Gasteiger partial charge on any atom is -0.744 e. The zero-order valence-electron chi connectivity index (χ0n) is 7.48. The molecule has 70 valence electrons. The van der Waals surface area contributed by atoms with Crippen molar-refractivity contribution in [2.24, 2.45) is 0 Å². The van der Waals surface area contributed by atoms with Crippen LogP contribution in [0.4, 0.5) is 0 Å². The quantitative estimate of drug-likeness (QED) is 0.485. The predicted octanol–water partition coefficient (Wildman–Crippen LogP) is -1.14. The zero-order chi connectivity index (χ0) is 9.90. The first-order chi connectivity index (χ1) is 5.99. The van der Waals surface area contributed by atoms with Crippen molar-refractivity contribution in [3.63, 3.8) is 0 Å². The molecule has 0 aliphatic carbocycles. The molecule has 0 bridgehead atoms. The molecule has 0 aromatic heterocycles. The molecule has 14 heavy (non-hydrogen) atoms. The third-order valence-electron chi connectivity index (χ3n) is 1.32. The van der Waals surface area contributed by atoms with E-state index in [-0.39, 0.29) is 29.6 Å². The van der Waals surface area contributed by atoms with E-state index in [0.29, 0.717) is 16.0 Å². The van der Waals surface area contributed by atoms with Crippen LogP contribution in [0.3, 0.4) is 0 Å². The fourth-order valence-electron chi connectivity index (χ4n) is 0.767. The van der Waals surface area contributed by atoms with E-state index in [1.165, 1.54) is 6.08 Å². The Morgan fingerprint density at radius 1 is 1.29 bits per heavy atom. The van der Waals surface area contributed by atoms with E-state index < -0.39 is 10.1 Å². The van der Waals surface area contributed by atoms with Crippen molar-refractivity contribution >= 4 is 27.8 Å². The molecule has 0 amide bonds. The summed E-state index contributed by atoms with van der Waals surface area (Å²) in [6.07, 6.45) is 1.17. The summed E-state index contributed by atoms with van der Waals surface area (Å²) in [4.78, 5) is 0. The van der Waals surface area contributed by atoms with Crippen molar-refractivity contribution < 1.29 is 42.5 Å². The Morgan fingerprint density at radius 3 is 2.36 bits per heavy atom. The number of rotatable bonds is 2. The second-order valence-corrected chi connectivity index (χ2v) is 3.98. The SMILES string of the molecule is O=S(=O)([O-])C=Cc1ccccc1Cl.[Na+]. The first-order valence-electron chi connectivity index (χ1n) is 3.37. The Balaban J connectivity index is 0.00000169. The third kappa shape index (κ3) is 5.14. The van der Waals surface area contributed by atoms with Crippen LogP contribution < -0.4 is 29.6 Å². The number of hydrogen-bond donors (Lipinski definition) is 0. The summed E-state index contributed by atoms with van der Waals surface area (Å²) >= 11 is 5.70. The van der Waals surface area contributed by atoms with Gasteiger partial charge in [-0.2, -0.15) is 0 Å². The van der Waals surface area contributed by atoms with Crippen molar-refractivity contribution in [2.75, 3.05) is 0 Å². The summed E-state index contributed by atoms with van der Waals surface area (Å²) in [5, 5.41) is 0.983. The van der Waals surface area contributed by atoms with Gasteiger partial charge in [0.15, 0.2) is 0 Å². The van der Waals surface area contributed by atoms with Crippen LogP contribution in [0, 0.1) is 0 Å². The van der Waals surface area contributed by atoms with Crippen LogP contribution in [0.15, 0.2) is 29.7 Å². The van der Waals surface area contributed by atoms with Gasteiger partial charge in [-0.1, -0.05) is 29.8 Å². The van der Waals surface area contributed by atoms with E-state index in [1.807, 2.05) is 0 Å². The molecule has 0 atom stereocenters. The van der Waals surface area contributed by atoms with Gasteiger partial charge in [0.2, 0.25) is 0 Å². The zero-order valence-corrected chi connectivity index (χ0v) is 11.0. The fraction of sp³-hybridized carbons (Fsp3) is 0. The Bertz CT molecular complexity index is 428. The summed E-state index contributed by atoms with van der Waals surface area (Å²) in [6.45, 7) is 0. The second-order valence-electron chi connectivity index (χ2n) is 2.32. The van der Waals surface area contributed by atoms with Crippen LogP contribution in [0.1, 0.15) is 5.56 Å². The molecule has 0 aliphatic heterocycles. The van der Waals surface area contributed by atoms with Crippen LogP contribution >= 0.6 is 11.6 Å². The Kier molecular flexibility index (Phi) is 5.97.